The highest BCUT2D eigenvalue weighted by Gasteiger charge is 2.29. The lowest BCUT2D eigenvalue weighted by atomic mass is 10.0. The minimum atomic E-state index is 0.105. The molecule has 1 N–H and O–H groups in total. The number of halogens is 1. The van der Waals surface area contributed by atoms with Crippen molar-refractivity contribution in [2.24, 2.45) is 5.92 Å². The topological polar surface area (TPSA) is 55.9 Å². The first-order chi connectivity index (χ1) is 17.1. The maximum absolute atomic E-state index is 13.5. The zero-order valence-electron chi connectivity index (χ0n) is 20.3. The minimum absolute atomic E-state index is 0.105. The van der Waals surface area contributed by atoms with Crippen LogP contribution in [0.5, 0.6) is 0 Å². The predicted octanol–water partition coefficient (Wildman–Crippen LogP) is 4.58. The van der Waals surface area contributed by atoms with Crippen LogP contribution in [-0.4, -0.2) is 62.0 Å². The SMILES string of the molecule is O=C(NC1CCN(c2ccccc2C(=O)N2CCN(c3ccc(Cl)cc3)CC2)CC1)C1CCCC1. The summed E-state index contributed by atoms with van der Waals surface area (Å²) >= 11 is 6.02. The Bertz CT molecular complexity index is 1020. The molecule has 2 heterocycles. The molecule has 5 rings (SSSR count). The Balaban J connectivity index is 1.17. The van der Waals surface area contributed by atoms with E-state index in [1.807, 2.05) is 47.4 Å². The van der Waals surface area contributed by atoms with Crippen LogP contribution in [0, 0.1) is 5.92 Å². The Labute approximate surface area is 213 Å². The molecule has 0 unspecified atom stereocenters. The first-order valence-corrected chi connectivity index (χ1v) is 13.4. The van der Waals surface area contributed by atoms with E-state index in [0.29, 0.717) is 13.1 Å². The van der Waals surface area contributed by atoms with E-state index in [1.165, 1.54) is 12.8 Å². The first kappa shape index (κ1) is 24.0. The molecule has 0 atom stereocenters. The number of nitrogens with zero attached hydrogens (tertiary/aromatic N) is 3. The summed E-state index contributed by atoms with van der Waals surface area (Å²) in [6, 6.07) is 16.1. The highest BCUT2D eigenvalue weighted by Crippen LogP contribution is 2.28. The lowest BCUT2D eigenvalue weighted by molar-refractivity contribution is -0.125. The van der Waals surface area contributed by atoms with E-state index in [0.717, 1.165) is 73.8 Å². The highest BCUT2D eigenvalue weighted by atomic mass is 35.5. The molecule has 2 saturated heterocycles. The fourth-order valence-electron chi connectivity index (χ4n) is 5.69. The number of hydrogen-bond acceptors (Lipinski definition) is 4. The van der Waals surface area contributed by atoms with Gasteiger partial charge in [-0.1, -0.05) is 36.6 Å². The molecule has 1 aliphatic carbocycles. The second-order valence-corrected chi connectivity index (χ2v) is 10.5. The number of piperidine rings is 1. The van der Waals surface area contributed by atoms with Crippen molar-refractivity contribution in [2.45, 2.75) is 44.6 Å². The molecule has 0 radical (unpaired) electrons. The third-order valence-electron chi connectivity index (χ3n) is 7.80. The normalized spacial score (nSPS) is 19.7. The zero-order chi connectivity index (χ0) is 24.2. The predicted molar refractivity (Wildman–Crippen MR) is 141 cm³/mol. The lowest BCUT2D eigenvalue weighted by Crippen LogP contribution is -2.49. The summed E-state index contributed by atoms with van der Waals surface area (Å²) in [7, 11) is 0. The van der Waals surface area contributed by atoms with Crippen molar-refractivity contribution < 1.29 is 9.59 Å². The second kappa shape index (κ2) is 10.9. The maximum atomic E-state index is 13.5. The van der Waals surface area contributed by atoms with Crippen LogP contribution >= 0.6 is 11.6 Å². The van der Waals surface area contributed by atoms with Gasteiger partial charge in [-0.25, -0.2) is 0 Å². The van der Waals surface area contributed by atoms with E-state index in [-0.39, 0.29) is 23.8 Å². The molecule has 35 heavy (non-hydrogen) atoms. The molecule has 186 valence electrons. The van der Waals surface area contributed by atoms with Crippen LogP contribution < -0.4 is 15.1 Å². The quantitative estimate of drug-likeness (QED) is 0.661. The van der Waals surface area contributed by atoms with Gasteiger partial charge in [-0.3, -0.25) is 9.59 Å². The average molecular weight is 495 g/mol. The number of nitrogens with one attached hydrogen (secondary N) is 1. The second-order valence-electron chi connectivity index (χ2n) is 10.0. The summed E-state index contributed by atoms with van der Waals surface area (Å²) < 4.78 is 0. The number of carbonyl (C=O) groups is 2. The molecule has 7 heteroatoms. The van der Waals surface area contributed by atoms with Gasteiger partial charge in [-0.2, -0.15) is 0 Å². The van der Waals surface area contributed by atoms with Crippen molar-refractivity contribution >= 4 is 34.8 Å². The monoisotopic (exact) mass is 494 g/mol. The van der Waals surface area contributed by atoms with Gasteiger partial charge in [0.25, 0.3) is 5.91 Å². The third kappa shape index (κ3) is 5.58. The molecule has 2 aromatic rings. The minimum Gasteiger partial charge on any atom is -0.371 e. The number of hydrogen-bond donors (Lipinski definition) is 1. The van der Waals surface area contributed by atoms with Crippen molar-refractivity contribution in [3.8, 4) is 0 Å². The number of anilines is 2. The van der Waals surface area contributed by atoms with E-state index in [2.05, 4.69) is 21.2 Å². The molecular weight excluding hydrogens is 460 g/mol. The molecular formula is C28H35ClN4O2. The third-order valence-corrected chi connectivity index (χ3v) is 8.05. The summed E-state index contributed by atoms with van der Waals surface area (Å²) in [6.07, 6.45) is 6.26. The fourth-order valence-corrected chi connectivity index (χ4v) is 5.82. The van der Waals surface area contributed by atoms with Crippen LogP contribution in [0.25, 0.3) is 0 Å². The van der Waals surface area contributed by atoms with Crippen LogP contribution in [0.4, 0.5) is 11.4 Å². The maximum Gasteiger partial charge on any atom is 0.256 e. The molecule has 0 bridgehead atoms. The van der Waals surface area contributed by atoms with E-state index in [1.54, 1.807) is 0 Å². The Morgan fingerprint density at radius 1 is 0.771 bits per heavy atom. The van der Waals surface area contributed by atoms with Gasteiger partial charge in [0.15, 0.2) is 0 Å². The van der Waals surface area contributed by atoms with Gasteiger partial charge in [0, 0.05) is 67.6 Å². The Kier molecular flexibility index (Phi) is 7.47. The van der Waals surface area contributed by atoms with Crippen LogP contribution in [-0.2, 0) is 4.79 Å². The van der Waals surface area contributed by atoms with Crippen LogP contribution in [0.3, 0.4) is 0 Å². The molecule has 2 aliphatic heterocycles. The Morgan fingerprint density at radius 3 is 2.11 bits per heavy atom. The van der Waals surface area contributed by atoms with Crippen molar-refractivity contribution in [3.05, 3.63) is 59.1 Å². The molecule has 3 aliphatic rings. The van der Waals surface area contributed by atoms with Gasteiger partial charge in [0.05, 0.1) is 5.56 Å². The summed E-state index contributed by atoms with van der Waals surface area (Å²) in [5.74, 6) is 0.564. The Morgan fingerprint density at radius 2 is 1.43 bits per heavy atom. The first-order valence-electron chi connectivity index (χ1n) is 13.0. The molecule has 1 saturated carbocycles. The highest BCUT2D eigenvalue weighted by molar-refractivity contribution is 6.30. The van der Waals surface area contributed by atoms with Crippen molar-refractivity contribution in [2.75, 3.05) is 49.1 Å². The molecule has 0 aromatic heterocycles. The summed E-state index contributed by atoms with van der Waals surface area (Å²) in [4.78, 5) is 32.6. The fraction of sp³-hybridized carbons (Fsp3) is 0.500. The number of benzene rings is 2. The number of piperazine rings is 1. The Hall–Kier alpha value is -2.73. The number of carbonyl (C=O) groups excluding carboxylic acids is 2. The van der Waals surface area contributed by atoms with Crippen molar-refractivity contribution in [3.63, 3.8) is 0 Å². The van der Waals surface area contributed by atoms with Gasteiger partial charge < -0.3 is 20.0 Å². The summed E-state index contributed by atoms with van der Waals surface area (Å²) in [5, 5.41) is 4.03. The van der Waals surface area contributed by atoms with Gasteiger partial charge >= 0.3 is 0 Å². The molecule has 2 amide bonds. The molecule has 2 aromatic carbocycles. The summed E-state index contributed by atoms with van der Waals surface area (Å²) in [6.45, 7) is 4.72. The summed E-state index contributed by atoms with van der Waals surface area (Å²) in [5.41, 5.74) is 2.93. The van der Waals surface area contributed by atoms with Crippen LogP contribution in [0.15, 0.2) is 48.5 Å². The molecule has 3 fully saturated rings. The van der Waals surface area contributed by atoms with Crippen LogP contribution in [0.2, 0.25) is 5.02 Å². The van der Waals surface area contributed by atoms with Gasteiger partial charge in [0.1, 0.15) is 0 Å². The number of amides is 2. The number of para-hydroxylation sites is 1. The van der Waals surface area contributed by atoms with Gasteiger partial charge in [-0.05, 0) is 62.1 Å². The van der Waals surface area contributed by atoms with Crippen LogP contribution in [0.1, 0.15) is 48.9 Å². The zero-order valence-corrected chi connectivity index (χ0v) is 21.1. The van der Waals surface area contributed by atoms with Crippen molar-refractivity contribution in [1.29, 1.82) is 0 Å². The molecule has 6 nitrogen and oxygen atoms in total. The number of rotatable bonds is 5. The largest absolute Gasteiger partial charge is 0.371 e. The average Bonchev–Trinajstić information content (AvgIpc) is 3.45. The molecule has 0 spiro atoms. The van der Waals surface area contributed by atoms with E-state index in [9.17, 15) is 9.59 Å². The van der Waals surface area contributed by atoms with Crippen molar-refractivity contribution in [1.82, 2.24) is 10.2 Å². The van der Waals surface area contributed by atoms with E-state index in [4.69, 9.17) is 11.6 Å². The smallest absolute Gasteiger partial charge is 0.256 e. The van der Waals surface area contributed by atoms with Gasteiger partial charge in [0.2, 0.25) is 5.91 Å². The standard InChI is InChI=1S/C28H35ClN4O2/c29-22-9-11-24(12-10-22)31-17-19-33(20-18-31)28(35)25-7-3-4-8-26(25)32-15-13-23(14-16-32)30-27(34)21-5-1-2-6-21/h3-4,7-12,21,23H,1-2,5-6,13-20H2,(H,30,34). The lowest BCUT2D eigenvalue weighted by Gasteiger charge is -2.38. The van der Waals surface area contributed by atoms with E-state index < -0.39 is 0 Å². The van der Waals surface area contributed by atoms with Gasteiger partial charge in [-0.15, -0.1) is 0 Å². The van der Waals surface area contributed by atoms with E-state index >= 15 is 0 Å².